The molecule has 0 bridgehead atoms. The second-order valence-corrected chi connectivity index (χ2v) is 4.31. The molecule has 82 valence electrons. The van der Waals surface area contributed by atoms with Crippen LogP contribution in [0, 0.1) is 0 Å². The van der Waals surface area contributed by atoms with Gasteiger partial charge in [-0.3, -0.25) is 4.98 Å². The number of anilines is 1. The molecule has 16 heavy (non-hydrogen) atoms. The highest BCUT2D eigenvalue weighted by Crippen LogP contribution is 2.10. The highest BCUT2D eigenvalue weighted by atomic mass is 79.9. The summed E-state index contributed by atoms with van der Waals surface area (Å²) in [5.41, 5.74) is 1.28. The van der Waals surface area contributed by atoms with E-state index < -0.39 is 0 Å². The fourth-order valence-corrected chi connectivity index (χ4v) is 1.60. The molecular weight excluding hydrogens is 266 g/mol. The minimum Gasteiger partial charge on any atom is -0.370 e. The third-order valence-corrected chi connectivity index (χ3v) is 2.67. The van der Waals surface area contributed by atoms with Gasteiger partial charge in [-0.05, 0) is 52.2 Å². The molecule has 2 aromatic rings. The lowest BCUT2D eigenvalue weighted by Crippen LogP contribution is -2.05. The van der Waals surface area contributed by atoms with Gasteiger partial charge in [0, 0.05) is 29.6 Å². The number of hydrogen-bond acceptors (Lipinski definition) is 3. The number of halogens is 1. The monoisotopic (exact) mass is 277 g/mol. The molecule has 3 nitrogen and oxygen atoms in total. The van der Waals surface area contributed by atoms with Crippen LogP contribution in [0.5, 0.6) is 0 Å². The number of nitrogens with zero attached hydrogens (tertiary/aromatic N) is 2. The molecular formula is C12H12BrN3. The van der Waals surface area contributed by atoms with Crippen LogP contribution in [0.2, 0.25) is 0 Å². The lowest BCUT2D eigenvalue weighted by molar-refractivity contribution is 1.000. The Morgan fingerprint density at radius 2 is 1.94 bits per heavy atom. The summed E-state index contributed by atoms with van der Waals surface area (Å²) in [4.78, 5) is 8.22. The SMILES string of the molecule is Brc1ccc(NCCc2ccncc2)nc1. The van der Waals surface area contributed by atoms with Gasteiger partial charge in [0.15, 0.2) is 0 Å². The lowest BCUT2D eigenvalue weighted by Gasteiger charge is -2.05. The second-order valence-electron chi connectivity index (χ2n) is 3.39. The van der Waals surface area contributed by atoms with Gasteiger partial charge in [-0.15, -0.1) is 0 Å². The fourth-order valence-electron chi connectivity index (χ4n) is 1.36. The fraction of sp³-hybridized carbons (Fsp3) is 0.167. The summed E-state index contributed by atoms with van der Waals surface area (Å²) in [7, 11) is 0. The van der Waals surface area contributed by atoms with E-state index in [-0.39, 0.29) is 0 Å². The van der Waals surface area contributed by atoms with Crippen LogP contribution in [0.25, 0.3) is 0 Å². The normalized spacial score (nSPS) is 10.1. The van der Waals surface area contributed by atoms with Crippen molar-refractivity contribution in [3.8, 4) is 0 Å². The van der Waals surface area contributed by atoms with Crippen molar-refractivity contribution in [1.29, 1.82) is 0 Å². The Morgan fingerprint density at radius 1 is 1.12 bits per heavy atom. The maximum absolute atomic E-state index is 4.24. The molecule has 1 N–H and O–H groups in total. The molecule has 0 aliphatic rings. The largest absolute Gasteiger partial charge is 0.370 e. The quantitative estimate of drug-likeness (QED) is 0.934. The summed E-state index contributed by atoms with van der Waals surface area (Å²) >= 11 is 3.35. The number of rotatable bonds is 4. The Labute approximate surface area is 103 Å². The zero-order valence-electron chi connectivity index (χ0n) is 8.73. The highest BCUT2D eigenvalue weighted by Gasteiger charge is 1.94. The first-order valence-electron chi connectivity index (χ1n) is 5.09. The van der Waals surface area contributed by atoms with E-state index in [0.29, 0.717) is 0 Å². The van der Waals surface area contributed by atoms with E-state index in [4.69, 9.17) is 0 Å². The van der Waals surface area contributed by atoms with Gasteiger partial charge in [-0.2, -0.15) is 0 Å². The van der Waals surface area contributed by atoms with Crippen molar-refractivity contribution in [3.05, 3.63) is 52.9 Å². The van der Waals surface area contributed by atoms with Gasteiger partial charge in [0.25, 0.3) is 0 Å². The molecule has 0 atom stereocenters. The lowest BCUT2D eigenvalue weighted by atomic mass is 10.2. The van der Waals surface area contributed by atoms with Crippen molar-refractivity contribution >= 4 is 21.7 Å². The van der Waals surface area contributed by atoms with Crippen molar-refractivity contribution in [1.82, 2.24) is 9.97 Å². The summed E-state index contributed by atoms with van der Waals surface area (Å²) in [6, 6.07) is 7.98. The van der Waals surface area contributed by atoms with E-state index in [9.17, 15) is 0 Å². The summed E-state index contributed by atoms with van der Waals surface area (Å²) in [5.74, 6) is 0.900. The number of aromatic nitrogens is 2. The highest BCUT2D eigenvalue weighted by molar-refractivity contribution is 9.10. The third-order valence-electron chi connectivity index (χ3n) is 2.20. The Bertz CT molecular complexity index is 428. The van der Waals surface area contributed by atoms with E-state index in [0.717, 1.165) is 23.3 Å². The number of hydrogen-bond donors (Lipinski definition) is 1. The molecule has 2 aromatic heterocycles. The van der Waals surface area contributed by atoms with Gasteiger partial charge >= 0.3 is 0 Å². The van der Waals surface area contributed by atoms with Crippen LogP contribution in [0.3, 0.4) is 0 Å². The molecule has 0 aromatic carbocycles. The smallest absolute Gasteiger partial charge is 0.125 e. The van der Waals surface area contributed by atoms with E-state index in [1.165, 1.54) is 5.56 Å². The van der Waals surface area contributed by atoms with Gasteiger partial charge in [0.2, 0.25) is 0 Å². The van der Waals surface area contributed by atoms with E-state index in [2.05, 4.69) is 31.2 Å². The number of pyridine rings is 2. The van der Waals surface area contributed by atoms with E-state index in [1.54, 1.807) is 6.20 Å². The van der Waals surface area contributed by atoms with Crippen molar-refractivity contribution in [2.24, 2.45) is 0 Å². The predicted octanol–water partition coefficient (Wildman–Crippen LogP) is 2.89. The molecule has 0 aliphatic carbocycles. The van der Waals surface area contributed by atoms with Crippen LogP contribution >= 0.6 is 15.9 Å². The Hall–Kier alpha value is -1.42. The molecule has 0 spiro atoms. The Balaban J connectivity index is 1.82. The third kappa shape index (κ3) is 3.31. The molecule has 0 amide bonds. The van der Waals surface area contributed by atoms with Crippen LogP contribution in [0.1, 0.15) is 5.56 Å². The maximum Gasteiger partial charge on any atom is 0.125 e. The Kier molecular flexibility index (Phi) is 3.88. The summed E-state index contributed by atoms with van der Waals surface area (Å²) in [5, 5.41) is 3.27. The zero-order valence-corrected chi connectivity index (χ0v) is 10.3. The topological polar surface area (TPSA) is 37.8 Å². The van der Waals surface area contributed by atoms with Crippen molar-refractivity contribution < 1.29 is 0 Å². The zero-order chi connectivity index (χ0) is 11.2. The summed E-state index contributed by atoms with van der Waals surface area (Å²) in [6.45, 7) is 0.874. The van der Waals surface area contributed by atoms with Gasteiger partial charge in [-0.1, -0.05) is 0 Å². The first-order chi connectivity index (χ1) is 7.84. The van der Waals surface area contributed by atoms with Crippen LogP contribution in [0.15, 0.2) is 47.3 Å². The minimum absolute atomic E-state index is 0.874. The van der Waals surface area contributed by atoms with Crippen molar-refractivity contribution in [2.45, 2.75) is 6.42 Å². The molecule has 2 heterocycles. The van der Waals surface area contributed by atoms with Gasteiger partial charge in [-0.25, -0.2) is 4.98 Å². The first kappa shape index (κ1) is 11.1. The summed E-state index contributed by atoms with van der Waals surface area (Å²) < 4.78 is 0.993. The van der Waals surface area contributed by atoms with E-state index in [1.807, 2.05) is 36.7 Å². The molecule has 2 rings (SSSR count). The minimum atomic E-state index is 0.874. The van der Waals surface area contributed by atoms with Crippen LogP contribution in [-0.2, 0) is 6.42 Å². The van der Waals surface area contributed by atoms with E-state index >= 15 is 0 Å². The summed E-state index contributed by atoms with van der Waals surface area (Å²) in [6.07, 6.45) is 6.38. The maximum atomic E-state index is 4.24. The predicted molar refractivity (Wildman–Crippen MR) is 68.4 cm³/mol. The second kappa shape index (κ2) is 5.61. The van der Waals surface area contributed by atoms with Crippen molar-refractivity contribution in [2.75, 3.05) is 11.9 Å². The average Bonchev–Trinajstić information content (AvgIpc) is 2.33. The van der Waals surface area contributed by atoms with Crippen molar-refractivity contribution in [3.63, 3.8) is 0 Å². The van der Waals surface area contributed by atoms with Crippen LogP contribution < -0.4 is 5.32 Å². The number of nitrogens with one attached hydrogen (secondary N) is 1. The van der Waals surface area contributed by atoms with Gasteiger partial charge in [0.1, 0.15) is 5.82 Å². The molecule has 0 saturated heterocycles. The Morgan fingerprint density at radius 3 is 2.62 bits per heavy atom. The average molecular weight is 278 g/mol. The molecule has 0 radical (unpaired) electrons. The molecule has 4 heteroatoms. The molecule has 0 saturated carbocycles. The van der Waals surface area contributed by atoms with Crippen LogP contribution in [-0.4, -0.2) is 16.5 Å². The first-order valence-corrected chi connectivity index (χ1v) is 5.88. The molecule has 0 unspecified atom stereocenters. The van der Waals surface area contributed by atoms with Crippen LogP contribution in [0.4, 0.5) is 5.82 Å². The molecule has 0 fully saturated rings. The van der Waals surface area contributed by atoms with Gasteiger partial charge in [0.05, 0.1) is 0 Å². The van der Waals surface area contributed by atoms with Gasteiger partial charge < -0.3 is 5.32 Å². The molecule has 0 aliphatic heterocycles. The standard InChI is InChI=1S/C12H12BrN3/c13-11-1-2-12(16-9-11)15-8-5-10-3-6-14-7-4-10/h1-4,6-7,9H,5,8H2,(H,15,16).